The first kappa shape index (κ1) is 20.2. The first-order valence-corrected chi connectivity index (χ1v) is 10.9. The molecule has 4 rings (SSSR count). The quantitative estimate of drug-likeness (QED) is 0.419. The van der Waals surface area contributed by atoms with Crippen molar-refractivity contribution in [3.05, 3.63) is 64.6 Å². The van der Waals surface area contributed by atoms with E-state index in [0.717, 1.165) is 32.7 Å². The highest BCUT2D eigenvalue weighted by atomic mass is 32.1. The van der Waals surface area contributed by atoms with Gasteiger partial charge in [-0.25, -0.2) is 14.8 Å². The van der Waals surface area contributed by atoms with Gasteiger partial charge in [-0.05, 0) is 44.0 Å². The van der Waals surface area contributed by atoms with Crippen LogP contribution in [0.4, 0.5) is 5.13 Å². The van der Waals surface area contributed by atoms with E-state index in [1.807, 2.05) is 30.3 Å². The van der Waals surface area contributed by atoms with Crippen molar-refractivity contribution in [1.82, 2.24) is 9.97 Å². The number of hydrogen-bond donors (Lipinski definition) is 1. The molecule has 0 bridgehead atoms. The van der Waals surface area contributed by atoms with Gasteiger partial charge in [0.15, 0.2) is 5.13 Å². The zero-order chi connectivity index (χ0) is 21.3. The zero-order valence-electron chi connectivity index (χ0n) is 16.6. The number of benzene rings is 2. The molecule has 2 heterocycles. The summed E-state index contributed by atoms with van der Waals surface area (Å²) < 4.78 is 6.26. The Bertz CT molecular complexity index is 1220. The molecule has 0 spiro atoms. The molecule has 0 saturated heterocycles. The van der Waals surface area contributed by atoms with Crippen molar-refractivity contribution >= 4 is 49.9 Å². The number of carbonyl (C=O) groups excluding carboxylic acids is 2. The molecule has 0 unspecified atom stereocenters. The Kier molecular flexibility index (Phi) is 5.36. The lowest BCUT2D eigenvalue weighted by atomic mass is 10.1. The summed E-state index contributed by atoms with van der Waals surface area (Å²) in [6.45, 7) is 5.34. The van der Waals surface area contributed by atoms with Crippen LogP contribution in [-0.2, 0) is 4.74 Å². The maximum atomic E-state index is 12.5. The van der Waals surface area contributed by atoms with Crippen LogP contribution in [0.3, 0.4) is 0 Å². The van der Waals surface area contributed by atoms with Gasteiger partial charge in [0.1, 0.15) is 11.3 Å². The second-order valence-electron chi connectivity index (χ2n) is 7.56. The van der Waals surface area contributed by atoms with Gasteiger partial charge in [0, 0.05) is 5.38 Å². The third-order valence-corrected chi connectivity index (χ3v) is 5.78. The molecule has 8 heteroatoms. The second-order valence-corrected chi connectivity index (χ2v) is 9.45. The normalized spacial score (nSPS) is 11.4. The van der Waals surface area contributed by atoms with E-state index in [-0.39, 0.29) is 10.7 Å². The summed E-state index contributed by atoms with van der Waals surface area (Å²) in [6.07, 6.45) is 0. The molecule has 6 nitrogen and oxygen atoms in total. The number of nitrogens with one attached hydrogen (secondary N) is 1. The fraction of sp³-hybridized carbons (Fsp3) is 0.182. The number of amides is 1. The average Bonchev–Trinajstić information content (AvgIpc) is 3.33. The van der Waals surface area contributed by atoms with Gasteiger partial charge in [-0.2, -0.15) is 0 Å². The number of esters is 1. The first-order chi connectivity index (χ1) is 14.3. The molecule has 30 heavy (non-hydrogen) atoms. The van der Waals surface area contributed by atoms with Gasteiger partial charge in [0.25, 0.3) is 5.91 Å². The van der Waals surface area contributed by atoms with Crippen molar-refractivity contribution in [1.29, 1.82) is 0 Å². The van der Waals surface area contributed by atoms with Gasteiger partial charge in [0.05, 0.1) is 10.2 Å². The van der Waals surface area contributed by atoms with Crippen LogP contribution in [0.15, 0.2) is 53.9 Å². The number of ether oxygens (including phenoxy) is 1. The number of thiazole rings is 2. The number of hydrogen-bond acceptors (Lipinski definition) is 7. The molecule has 152 valence electrons. The Morgan fingerprint density at radius 3 is 2.50 bits per heavy atom. The molecule has 1 amide bonds. The van der Waals surface area contributed by atoms with Crippen molar-refractivity contribution in [3.63, 3.8) is 0 Å². The van der Waals surface area contributed by atoms with E-state index in [9.17, 15) is 9.59 Å². The fourth-order valence-electron chi connectivity index (χ4n) is 2.74. The summed E-state index contributed by atoms with van der Waals surface area (Å²) in [5, 5.41) is 4.93. The topological polar surface area (TPSA) is 81.2 Å². The SMILES string of the molecule is CC(C)(C)OC(=O)c1nc(C(=O)Nc2nc3ccc(-c4ccccc4)cc3s2)cs1. The van der Waals surface area contributed by atoms with E-state index in [0.29, 0.717) is 5.13 Å². The molecule has 2 aromatic heterocycles. The standard InChI is InChI=1S/C22H19N3O3S2/c1-22(2,3)28-20(27)19-23-16(12-29-19)18(26)25-21-24-15-10-9-14(11-17(15)30-21)13-7-5-4-6-8-13/h4-12H,1-3H3,(H,24,25,26). The summed E-state index contributed by atoms with van der Waals surface area (Å²) >= 11 is 2.47. The van der Waals surface area contributed by atoms with E-state index in [1.165, 1.54) is 16.7 Å². The van der Waals surface area contributed by atoms with E-state index in [1.54, 1.807) is 20.8 Å². The maximum absolute atomic E-state index is 12.5. The van der Waals surface area contributed by atoms with E-state index in [2.05, 4.69) is 33.5 Å². The highest BCUT2D eigenvalue weighted by molar-refractivity contribution is 7.22. The molecule has 0 atom stereocenters. The third-order valence-electron chi connectivity index (χ3n) is 4.03. The molecule has 0 saturated carbocycles. The van der Waals surface area contributed by atoms with E-state index in [4.69, 9.17) is 4.74 Å². The molecule has 1 N–H and O–H groups in total. The van der Waals surface area contributed by atoms with Crippen LogP contribution >= 0.6 is 22.7 Å². The van der Waals surface area contributed by atoms with Crippen molar-refractivity contribution in [2.45, 2.75) is 26.4 Å². The molecular formula is C22H19N3O3S2. The third kappa shape index (κ3) is 4.55. The average molecular weight is 438 g/mol. The van der Waals surface area contributed by atoms with Crippen LogP contribution in [0.25, 0.3) is 21.3 Å². The van der Waals surface area contributed by atoms with Crippen molar-refractivity contribution in [2.24, 2.45) is 0 Å². The summed E-state index contributed by atoms with van der Waals surface area (Å²) in [4.78, 5) is 33.2. The second kappa shape index (κ2) is 7.97. The summed E-state index contributed by atoms with van der Waals surface area (Å²) in [6, 6.07) is 16.1. The van der Waals surface area contributed by atoms with Crippen LogP contribution in [0, 0.1) is 0 Å². The monoisotopic (exact) mass is 437 g/mol. The molecule has 0 aliphatic carbocycles. The van der Waals surface area contributed by atoms with E-state index >= 15 is 0 Å². The number of fused-ring (bicyclic) bond motifs is 1. The molecular weight excluding hydrogens is 418 g/mol. The Morgan fingerprint density at radius 1 is 1.00 bits per heavy atom. The highest BCUT2D eigenvalue weighted by Gasteiger charge is 2.22. The number of carbonyl (C=O) groups is 2. The molecule has 4 aromatic rings. The molecule has 0 aliphatic heterocycles. The van der Waals surface area contributed by atoms with Crippen molar-refractivity contribution < 1.29 is 14.3 Å². The van der Waals surface area contributed by atoms with Crippen LogP contribution in [0.2, 0.25) is 0 Å². The van der Waals surface area contributed by atoms with Gasteiger partial charge < -0.3 is 4.74 Å². The van der Waals surface area contributed by atoms with Gasteiger partial charge in [0.2, 0.25) is 5.01 Å². The highest BCUT2D eigenvalue weighted by Crippen LogP contribution is 2.30. The summed E-state index contributed by atoms with van der Waals surface area (Å²) in [7, 11) is 0. The smallest absolute Gasteiger partial charge is 0.367 e. The van der Waals surface area contributed by atoms with Crippen LogP contribution < -0.4 is 5.32 Å². The number of rotatable bonds is 4. The minimum atomic E-state index is -0.620. The van der Waals surface area contributed by atoms with Gasteiger partial charge in [-0.1, -0.05) is 47.7 Å². The zero-order valence-corrected chi connectivity index (χ0v) is 18.3. The summed E-state index contributed by atoms with van der Waals surface area (Å²) in [5.41, 5.74) is 2.56. The van der Waals surface area contributed by atoms with Gasteiger partial charge in [-0.15, -0.1) is 11.3 Å². The lowest BCUT2D eigenvalue weighted by Gasteiger charge is -2.18. The largest absolute Gasteiger partial charge is 0.455 e. The van der Waals surface area contributed by atoms with Crippen LogP contribution in [0.5, 0.6) is 0 Å². The minimum Gasteiger partial charge on any atom is -0.455 e. The first-order valence-electron chi connectivity index (χ1n) is 9.25. The van der Waals surface area contributed by atoms with Crippen molar-refractivity contribution in [2.75, 3.05) is 5.32 Å². The Hall–Kier alpha value is -3.10. The Balaban J connectivity index is 1.50. The van der Waals surface area contributed by atoms with Crippen molar-refractivity contribution in [3.8, 4) is 11.1 Å². The molecule has 0 aliphatic rings. The van der Waals surface area contributed by atoms with Gasteiger partial charge in [-0.3, -0.25) is 10.1 Å². The van der Waals surface area contributed by atoms with Crippen LogP contribution in [0.1, 0.15) is 41.1 Å². The minimum absolute atomic E-state index is 0.145. The van der Waals surface area contributed by atoms with E-state index < -0.39 is 17.5 Å². The van der Waals surface area contributed by atoms with Crippen LogP contribution in [-0.4, -0.2) is 27.4 Å². The number of nitrogens with zero attached hydrogens (tertiary/aromatic N) is 2. The summed E-state index contributed by atoms with van der Waals surface area (Å²) in [5.74, 6) is -0.955. The lowest BCUT2D eigenvalue weighted by Crippen LogP contribution is -2.24. The molecule has 2 aromatic carbocycles. The molecule has 0 radical (unpaired) electrons. The lowest BCUT2D eigenvalue weighted by molar-refractivity contribution is 0.00691. The van der Waals surface area contributed by atoms with Gasteiger partial charge >= 0.3 is 5.97 Å². The Labute approximate surface area is 181 Å². The number of aromatic nitrogens is 2. The predicted molar refractivity (Wildman–Crippen MR) is 120 cm³/mol. The Morgan fingerprint density at radius 2 is 1.77 bits per heavy atom. The molecule has 0 fully saturated rings. The number of anilines is 1. The predicted octanol–water partition coefficient (Wildman–Crippen LogP) is 5.63. The maximum Gasteiger partial charge on any atom is 0.367 e. The fourth-order valence-corrected chi connectivity index (χ4v) is 4.32.